The van der Waals surface area contributed by atoms with E-state index in [4.69, 9.17) is 4.74 Å². The summed E-state index contributed by atoms with van der Waals surface area (Å²) in [6.45, 7) is 9.87. The zero-order valence-corrected chi connectivity index (χ0v) is 12.3. The molecule has 1 aromatic rings. The first-order chi connectivity index (χ1) is 9.61. The SMILES string of the molecule is C=C(C)C[C@H](c1cc(F)ccc1OC)N1CCNCC1. The van der Waals surface area contributed by atoms with E-state index in [1.807, 2.05) is 6.92 Å². The Hall–Kier alpha value is -1.39. The van der Waals surface area contributed by atoms with E-state index >= 15 is 0 Å². The van der Waals surface area contributed by atoms with Gasteiger partial charge in [0.25, 0.3) is 0 Å². The number of benzene rings is 1. The van der Waals surface area contributed by atoms with Crippen molar-refractivity contribution < 1.29 is 9.13 Å². The molecule has 0 aromatic heterocycles. The highest BCUT2D eigenvalue weighted by Gasteiger charge is 2.25. The summed E-state index contributed by atoms with van der Waals surface area (Å²) < 4.78 is 19.1. The Labute approximate surface area is 120 Å². The van der Waals surface area contributed by atoms with E-state index in [0.717, 1.165) is 49.5 Å². The lowest BCUT2D eigenvalue weighted by Gasteiger charge is -2.36. The number of hydrogen-bond donors (Lipinski definition) is 1. The Morgan fingerprint density at radius 2 is 2.15 bits per heavy atom. The summed E-state index contributed by atoms with van der Waals surface area (Å²) in [5, 5.41) is 3.34. The second-order valence-electron chi connectivity index (χ2n) is 5.35. The molecule has 1 heterocycles. The van der Waals surface area contributed by atoms with Gasteiger partial charge in [-0.1, -0.05) is 5.57 Å². The highest BCUT2D eigenvalue weighted by atomic mass is 19.1. The van der Waals surface area contributed by atoms with E-state index in [2.05, 4.69) is 16.8 Å². The van der Waals surface area contributed by atoms with Gasteiger partial charge in [-0.3, -0.25) is 4.90 Å². The van der Waals surface area contributed by atoms with Crippen LogP contribution < -0.4 is 10.1 Å². The summed E-state index contributed by atoms with van der Waals surface area (Å²) in [4.78, 5) is 2.38. The molecule has 0 saturated carbocycles. The molecule has 0 radical (unpaired) electrons. The third-order valence-electron chi connectivity index (χ3n) is 3.68. The number of rotatable bonds is 5. The van der Waals surface area contributed by atoms with Gasteiger partial charge in [0.2, 0.25) is 0 Å². The molecular formula is C16H23FN2O. The molecule has 0 bridgehead atoms. The standard InChI is InChI=1S/C16H23FN2O/c1-12(2)10-15(19-8-6-18-7-9-19)14-11-13(17)4-5-16(14)20-3/h4-5,11,15,18H,1,6-10H2,2-3H3/t15-/m1/s1. The minimum atomic E-state index is -0.220. The number of nitrogens with zero attached hydrogens (tertiary/aromatic N) is 1. The smallest absolute Gasteiger partial charge is 0.123 e. The Morgan fingerprint density at radius 1 is 1.45 bits per heavy atom. The number of nitrogens with one attached hydrogen (secondary N) is 1. The van der Waals surface area contributed by atoms with Crippen molar-refractivity contribution in [2.75, 3.05) is 33.3 Å². The Bertz CT molecular complexity index is 470. The summed E-state index contributed by atoms with van der Waals surface area (Å²) in [5.74, 6) is 0.527. The molecule has 3 nitrogen and oxygen atoms in total. The first kappa shape index (κ1) is 15.0. The average Bonchev–Trinajstić information content (AvgIpc) is 2.45. The number of piperazine rings is 1. The largest absolute Gasteiger partial charge is 0.496 e. The first-order valence-corrected chi connectivity index (χ1v) is 7.04. The molecule has 0 spiro atoms. The fraction of sp³-hybridized carbons (Fsp3) is 0.500. The number of ether oxygens (including phenoxy) is 1. The molecule has 0 aliphatic carbocycles. The molecule has 1 fully saturated rings. The van der Waals surface area contributed by atoms with Crippen LogP contribution in [0.3, 0.4) is 0 Å². The maximum atomic E-state index is 13.6. The van der Waals surface area contributed by atoms with Gasteiger partial charge in [0.15, 0.2) is 0 Å². The van der Waals surface area contributed by atoms with Gasteiger partial charge in [0.1, 0.15) is 11.6 Å². The van der Waals surface area contributed by atoms with E-state index in [-0.39, 0.29) is 11.9 Å². The third kappa shape index (κ3) is 3.58. The molecule has 110 valence electrons. The van der Waals surface area contributed by atoms with E-state index < -0.39 is 0 Å². The zero-order chi connectivity index (χ0) is 14.5. The van der Waals surface area contributed by atoms with Gasteiger partial charge in [-0.2, -0.15) is 0 Å². The molecule has 1 saturated heterocycles. The van der Waals surface area contributed by atoms with Crippen molar-refractivity contribution in [3.8, 4) is 5.75 Å². The lowest BCUT2D eigenvalue weighted by Crippen LogP contribution is -2.45. The van der Waals surface area contributed by atoms with Crippen LogP contribution in [0.15, 0.2) is 30.4 Å². The first-order valence-electron chi connectivity index (χ1n) is 7.04. The van der Waals surface area contributed by atoms with E-state index in [9.17, 15) is 4.39 Å². The maximum Gasteiger partial charge on any atom is 0.123 e. The monoisotopic (exact) mass is 278 g/mol. The lowest BCUT2D eigenvalue weighted by atomic mass is 9.97. The van der Waals surface area contributed by atoms with Gasteiger partial charge in [-0.05, 0) is 31.5 Å². The van der Waals surface area contributed by atoms with Crippen molar-refractivity contribution in [2.45, 2.75) is 19.4 Å². The van der Waals surface area contributed by atoms with Crippen LogP contribution in [0, 0.1) is 5.82 Å². The number of methoxy groups -OCH3 is 1. The van der Waals surface area contributed by atoms with Crippen molar-refractivity contribution in [1.82, 2.24) is 10.2 Å². The van der Waals surface area contributed by atoms with Crippen molar-refractivity contribution in [3.63, 3.8) is 0 Å². The predicted octanol–water partition coefficient (Wildman–Crippen LogP) is 2.75. The molecule has 1 aliphatic heterocycles. The van der Waals surface area contributed by atoms with Gasteiger partial charge >= 0.3 is 0 Å². The molecule has 4 heteroatoms. The topological polar surface area (TPSA) is 24.5 Å². The molecule has 0 amide bonds. The Kier molecular flexibility index (Phi) is 5.15. The highest BCUT2D eigenvalue weighted by molar-refractivity contribution is 5.37. The fourth-order valence-electron chi connectivity index (χ4n) is 2.73. The summed E-state index contributed by atoms with van der Waals surface area (Å²) in [5.41, 5.74) is 2.01. The van der Waals surface area contributed by atoms with Gasteiger partial charge in [0.05, 0.1) is 7.11 Å². The molecule has 20 heavy (non-hydrogen) atoms. The molecule has 0 unspecified atom stereocenters. The molecule has 1 aliphatic rings. The number of hydrogen-bond acceptors (Lipinski definition) is 3. The average molecular weight is 278 g/mol. The van der Waals surface area contributed by atoms with Crippen LogP contribution in [0.4, 0.5) is 4.39 Å². The van der Waals surface area contributed by atoms with Crippen LogP contribution in [0.1, 0.15) is 24.9 Å². The van der Waals surface area contributed by atoms with E-state index in [1.165, 1.54) is 6.07 Å². The summed E-state index contributed by atoms with van der Waals surface area (Å²) in [6.07, 6.45) is 0.819. The van der Waals surface area contributed by atoms with Crippen molar-refractivity contribution in [3.05, 3.63) is 41.7 Å². The van der Waals surface area contributed by atoms with E-state index in [0.29, 0.717) is 0 Å². The maximum absolute atomic E-state index is 13.6. The van der Waals surface area contributed by atoms with Gasteiger partial charge in [-0.15, -0.1) is 6.58 Å². The summed E-state index contributed by atoms with van der Waals surface area (Å²) in [6, 6.07) is 4.87. The Balaban J connectivity index is 2.34. The molecular weight excluding hydrogens is 255 g/mol. The molecule has 2 rings (SSSR count). The fourth-order valence-corrected chi connectivity index (χ4v) is 2.73. The molecule has 1 N–H and O–H groups in total. The van der Waals surface area contributed by atoms with Crippen molar-refractivity contribution in [1.29, 1.82) is 0 Å². The van der Waals surface area contributed by atoms with Gasteiger partial charge in [-0.25, -0.2) is 4.39 Å². The van der Waals surface area contributed by atoms with Crippen LogP contribution in [0.25, 0.3) is 0 Å². The zero-order valence-electron chi connectivity index (χ0n) is 12.3. The van der Waals surface area contributed by atoms with Crippen LogP contribution >= 0.6 is 0 Å². The van der Waals surface area contributed by atoms with Gasteiger partial charge in [0, 0.05) is 37.8 Å². The Morgan fingerprint density at radius 3 is 2.75 bits per heavy atom. The second kappa shape index (κ2) is 6.86. The quantitative estimate of drug-likeness (QED) is 0.838. The highest BCUT2D eigenvalue weighted by Crippen LogP contribution is 2.34. The minimum absolute atomic E-state index is 0.125. The molecule has 1 aromatic carbocycles. The van der Waals surface area contributed by atoms with Crippen LogP contribution in [-0.4, -0.2) is 38.2 Å². The van der Waals surface area contributed by atoms with Crippen molar-refractivity contribution in [2.24, 2.45) is 0 Å². The van der Waals surface area contributed by atoms with Crippen LogP contribution in [0.5, 0.6) is 5.75 Å². The molecule has 1 atom stereocenters. The van der Waals surface area contributed by atoms with E-state index in [1.54, 1.807) is 19.2 Å². The van der Waals surface area contributed by atoms with Gasteiger partial charge < -0.3 is 10.1 Å². The number of halogens is 1. The summed E-state index contributed by atoms with van der Waals surface area (Å²) in [7, 11) is 1.63. The predicted molar refractivity (Wildman–Crippen MR) is 79.6 cm³/mol. The van der Waals surface area contributed by atoms with Crippen LogP contribution in [-0.2, 0) is 0 Å². The third-order valence-corrected chi connectivity index (χ3v) is 3.68. The second-order valence-corrected chi connectivity index (χ2v) is 5.35. The lowest BCUT2D eigenvalue weighted by molar-refractivity contribution is 0.169. The summed E-state index contributed by atoms with van der Waals surface area (Å²) >= 11 is 0. The minimum Gasteiger partial charge on any atom is -0.496 e. The van der Waals surface area contributed by atoms with Crippen molar-refractivity contribution >= 4 is 0 Å². The normalized spacial score (nSPS) is 17.8. The van der Waals surface area contributed by atoms with Crippen LogP contribution in [0.2, 0.25) is 0 Å².